The predicted octanol–water partition coefficient (Wildman–Crippen LogP) is 4.27. The van der Waals surface area contributed by atoms with E-state index >= 15 is 0 Å². The topological polar surface area (TPSA) is 52.4 Å². The van der Waals surface area contributed by atoms with Gasteiger partial charge in [-0.1, -0.05) is 18.2 Å². The van der Waals surface area contributed by atoms with E-state index in [1.165, 1.54) is 12.1 Å². The molecule has 2 aromatic carbocycles. The smallest absolute Gasteiger partial charge is 0.314 e. The van der Waals surface area contributed by atoms with E-state index in [0.717, 1.165) is 11.6 Å². The SMILES string of the molecule is O=[N+]([O-])c1cccc(F)c1Oc1ccc(CCl)cc1. The Labute approximate surface area is 113 Å². The lowest BCUT2D eigenvalue weighted by Gasteiger charge is -2.07. The molecule has 2 aromatic rings. The summed E-state index contributed by atoms with van der Waals surface area (Å²) in [7, 11) is 0. The van der Waals surface area contributed by atoms with Gasteiger partial charge in [0.1, 0.15) is 5.75 Å². The summed E-state index contributed by atoms with van der Waals surface area (Å²) in [5.74, 6) is -0.524. The summed E-state index contributed by atoms with van der Waals surface area (Å²) in [4.78, 5) is 10.1. The van der Waals surface area contributed by atoms with E-state index < -0.39 is 22.2 Å². The number of nitro benzene ring substituents is 1. The van der Waals surface area contributed by atoms with Crippen LogP contribution in [0.5, 0.6) is 11.5 Å². The van der Waals surface area contributed by atoms with Crippen molar-refractivity contribution in [1.82, 2.24) is 0 Å². The molecule has 2 rings (SSSR count). The van der Waals surface area contributed by atoms with Gasteiger partial charge in [-0.25, -0.2) is 4.39 Å². The van der Waals surface area contributed by atoms with Gasteiger partial charge in [-0.2, -0.15) is 0 Å². The monoisotopic (exact) mass is 281 g/mol. The Kier molecular flexibility index (Phi) is 3.97. The van der Waals surface area contributed by atoms with Crippen LogP contribution >= 0.6 is 11.6 Å². The molecule has 98 valence electrons. The van der Waals surface area contributed by atoms with E-state index in [1.54, 1.807) is 24.3 Å². The van der Waals surface area contributed by atoms with Crippen molar-refractivity contribution in [1.29, 1.82) is 0 Å². The quantitative estimate of drug-likeness (QED) is 0.478. The third-order valence-electron chi connectivity index (χ3n) is 2.44. The second kappa shape index (κ2) is 5.67. The van der Waals surface area contributed by atoms with Gasteiger partial charge in [0.05, 0.1) is 4.92 Å². The molecule has 0 saturated carbocycles. The Morgan fingerprint density at radius 3 is 2.47 bits per heavy atom. The number of ether oxygens (including phenoxy) is 1. The third-order valence-corrected chi connectivity index (χ3v) is 2.75. The van der Waals surface area contributed by atoms with E-state index in [9.17, 15) is 14.5 Å². The van der Waals surface area contributed by atoms with E-state index in [1.807, 2.05) is 0 Å². The summed E-state index contributed by atoms with van der Waals surface area (Å²) in [6.07, 6.45) is 0. The van der Waals surface area contributed by atoms with Gasteiger partial charge < -0.3 is 4.74 Å². The van der Waals surface area contributed by atoms with Crippen LogP contribution in [0.3, 0.4) is 0 Å². The number of nitrogens with zero attached hydrogens (tertiary/aromatic N) is 1. The molecule has 0 radical (unpaired) electrons. The number of halogens is 2. The van der Waals surface area contributed by atoms with Crippen molar-refractivity contribution in [2.24, 2.45) is 0 Å². The van der Waals surface area contributed by atoms with E-state index in [4.69, 9.17) is 16.3 Å². The zero-order chi connectivity index (χ0) is 13.8. The molecular formula is C13H9ClFNO3. The minimum absolute atomic E-state index is 0.307. The number of benzene rings is 2. The van der Waals surface area contributed by atoms with Crippen molar-refractivity contribution >= 4 is 17.3 Å². The van der Waals surface area contributed by atoms with Crippen molar-refractivity contribution in [2.75, 3.05) is 0 Å². The van der Waals surface area contributed by atoms with Gasteiger partial charge in [-0.3, -0.25) is 10.1 Å². The molecule has 0 amide bonds. The number of hydrogen-bond donors (Lipinski definition) is 0. The van der Waals surface area contributed by atoms with Crippen molar-refractivity contribution in [2.45, 2.75) is 5.88 Å². The van der Waals surface area contributed by atoms with E-state index in [2.05, 4.69) is 0 Å². The van der Waals surface area contributed by atoms with Gasteiger partial charge in [-0.05, 0) is 23.8 Å². The maximum absolute atomic E-state index is 13.6. The van der Waals surface area contributed by atoms with Gasteiger partial charge in [0.2, 0.25) is 5.75 Å². The van der Waals surface area contributed by atoms with Crippen LogP contribution in [0, 0.1) is 15.9 Å². The molecule has 19 heavy (non-hydrogen) atoms. The van der Waals surface area contributed by atoms with E-state index in [-0.39, 0.29) is 0 Å². The summed E-state index contributed by atoms with van der Waals surface area (Å²) in [5, 5.41) is 10.8. The van der Waals surface area contributed by atoms with Gasteiger partial charge in [0, 0.05) is 11.9 Å². The molecule has 4 nitrogen and oxygen atoms in total. The molecule has 0 bridgehead atoms. The summed E-state index contributed by atoms with van der Waals surface area (Å²) >= 11 is 5.64. The standard InChI is InChI=1S/C13H9ClFNO3/c14-8-9-4-6-10(7-5-9)19-13-11(15)2-1-3-12(13)16(17)18/h1-7H,8H2. The van der Waals surface area contributed by atoms with Crippen molar-refractivity contribution in [3.63, 3.8) is 0 Å². The predicted molar refractivity (Wildman–Crippen MR) is 69.1 cm³/mol. The highest BCUT2D eigenvalue weighted by Crippen LogP contribution is 2.33. The summed E-state index contributed by atoms with van der Waals surface area (Å²) in [6.45, 7) is 0. The molecule has 6 heteroatoms. The fourth-order valence-electron chi connectivity index (χ4n) is 1.51. The Hall–Kier alpha value is -2.14. The number of rotatable bonds is 4. The van der Waals surface area contributed by atoms with Gasteiger partial charge in [0.25, 0.3) is 0 Å². The molecule has 0 spiro atoms. The average Bonchev–Trinajstić information content (AvgIpc) is 2.41. The lowest BCUT2D eigenvalue weighted by Crippen LogP contribution is -1.96. The first-order valence-corrected chi connectivity index (χ1v) is 5.91. The highest BCUT2D eigenvalue weighted by molar-refractivity contribution is 6.17. The molecule has 0 aliphatic heterocycles. The van der Waals surface area contributed by atoms with Crippen LogP contribution in [0.4, 0.5) is 10.1 Å². The first-order chi connectivity index (χ1) is 9.11. The molecule has 0 heterocycles. The molecular weight excluding hydrogens is 273 g/mol. The lowest BCUT2D eigenvalue weighted by atomic mass is 10.2. The molecule has 0 unspecified atom stereocenters. The van der Waals surface area contributed by atoms with Crippen molar-refractivity contribution < 1.29 is 14.1 Å². The van der Waals surface area contributed by atoms with Gasteiger partial charge >= 0.3 is 5.69 Å². The fraction of sp³-hybridized carbons (Fsp3) is 0.0769. The molecule has 0 aliphatic carbocycles. The Morgan fingerprint density at radius 2 is 1.89 bits per heavy atom. The second-order valence-corrected chi connectivity index (χ2v) is 3.99. The van der Waals surface area contributed by atoms with Gasteiger partial charge in [0.15, 0.2) is 5.82 Å². The lowest BCUT2D eigenvalue weighted by molar-refractivity contribution is -0.385. The van der Waals surface area contributed by atoms with E-state index in [0.29, 0.717) is 11.6 Å². The maximum Gasteiger partial charge on any atom is 0.314 e. The summed E-state index contributed by atoms with van der Waals surface area (Å²) in [6, 6.07) is 10.1. The first-order valence-electron chi connectivity index (χ1n) is 5.37. The number of nitro groups is 1. The Balaban J connectivity index is 2.34. The first kappa shape index (κ1) is 13.3. The van der Waals surface area contributed by atoms with Crippen LogP contribution in [-0.2, 0) is 5.88 Å². The molecule has 0 saturated heterocycles. The summed E-state index contributed by atoms with van der Waals surface area (Å²) in [5.41, 5.74) is 0.457. The van der Waals surface area contributed by atoms with Crippen LogP contribution in [0.15, 0.2) is 42.5 Å². The van der Waals surface area contributed by atoms with Crippen LogP contribution in [0.25, 0.3) is 0 Å². The number of para-hydroxylation sites is 1. The zero-order valence-electron chi connectivity index (χ0n) is 9.68. The highest BCUT2D eigenvalue weighted by Gasteiger charge is 2.19. The number of hydrogen-bond acceptors (Lipinski definition) is 3. The normalized spacial score (nSPS) is 10.2. The van der Waals surface area contributed by atoms with Crippen LogP contribution in [0.1, 0.15) is 5.56 Å². The minimum atomic E-state index is -0.782. The molecule has 0 aliphatic rings. The van der Waals surface area contributed by atoms with Crippen molar-refractivity contribution in [3.8, 4) is 11.5 Å². The largest absolute Gasteiger partial charge is 0.447 e. The molecule has 0 N–H and O–H groups in total. The van der Waals surface area contributed by atoms with Crippen LogP contribution < -0.4 is 4.74 Å². The highest BCUT2D eigenvalue weighted by atomic mass is 35.5. The van der Waals surface area contributed by atoms with Crippen LogP contribution in [0.2, 0.25) is 0 Å². The second-order valence-electron chi connectivity index (χ2n) is 3.72. The van der Waals surface area contributed by atoms with Gasteiger partial charge in [-0.15, -0.1) is 11.6 Å². The molecule has 0 aromatic heterocycles. The zero-order valence-corrected chi connectivity index (χ0v) is 10.4. The fourth-order valence-corrected chi connectivity index (χ4v) is 1.68. The maximum atomic E-state index is 13.6. The van der Waals surface area contributed by atoms with Crippen molar-refractivity contribution in [3.05, 3.63) is 64.0 Å². The number of alkyl halides is 1. The average molecular weight is 282 g/mol. The Bertz CT molecular complexity index is 601. The summed E-state index contributed by atoms with van der Waals surface area (Å²) < 4.78 is 18.8. The Morgan fingerprint density at radius 1 is 1.21 bits per heavy atom. The third kappa shape index (κ3) is 3.00. The molecule has 0 atom stereocenters. The molecule has 0 fully saturated rings. The minimum Gasteiger partial charge on any atom is -0.447 e. The van der Waals surface area contributed by atoms with Crippen LogP contribution in [-0.4, -0.2) is 4.92 Å².